The SMILES string of the molecule is CCn1c(SCC(=O)OCC(=O)N(C)C)nnc1-c1cccs1. The number of ether oxygens (including phenoxy) is 1. The van der Waals surface area contributed by atoms with Crippen LogP contribution in [0.5, 0.6) is 0 Å². The molecule has 0 fully saturated rings. The van der Waals surface area contributed by atoms with Gasteiger partial charge in [-0.15, -0.1) is 21.5 Å². The number of hydrogen-bond donors (Lipinski definition) is 0. The molecule has 2 rings (SSSR count). The highest BCUT2D eigenvalue weighted by Crippen LogP contribution is 2.27. The minimum absolute atomic E-state index is 0.0866. The lowest BCUT2D eigenvalue weighted by Gasteiger charge is -2.10. The van der Waals surface area contributed by atoms with Gasteiger partial charge in [-0.3, -0.25) is 9.59 Å². The summed E-state index contributed by atoms with van der Waals surface area (Å²) in [5.74, 6) is 0.179. The fourth-order valence-corrected chi connectivity index (χ4v) is 3.22. The lowest BCUT2D eigenvalue weighted by atomic mass is 10.4. The summed E-state index contributed by atoms with van der Waals surface area (Å²) in [6.07, 6.45) is 0. The van der Waals surface area contributed by atoms with Crippen LogP contribution in [-0.2, 0) is 20.9 Å². The topological polar surface area (TPSA) is 77.3 Å². The van der Waals surface area contributed by atoms with Crippen LogP contribution in [0.2, 0.25) is 0 Å². The van der Waals surface area contributed by atoms with E-state index in [0.717, 1.165) is 10.7 Å². The minimum atomic E-state index is -0.450. The predicted octanol–water partition coefficient (Wildman–Crippen LogP) is 1.75. The van der Waals surface area contributed by atoms with Gasteiger partial charge in [0, 0.05) is 20.6 Å². The van der Waals surface area contributed by atoms with Gasteiger partial charge in [-0.25, -0.2) is 0 Å². The van der Waals surface area contributed by atoms with Crippen LogP contribution in [0.1, 0.15) is 6.92 Å². The number of carbonyl (C=O) groups is 2. The van der Waals surface area contributed by atoms with Crippen molar-refractivity contribution in [2.24, 2.45) is 0 Å². The van der Waals surface area contributed by atoms with Crippen molar-refractivity contribution in [3.8, 4) is 10.7 Å². The summed E-state index contributed by atoms with van der Waals surface area (Å²) in [6.45, 7) is 2.46. The molecule has 2 heterocycles. The molecule has 1 amide bonds. The van der Waals surface area contributed by atoms with Crippen molar-refractivity contribution >= 4 is 35.0 Å². The van der Waals surface area contributed by atoms with Crippen molar-refractivity contribution < 1.29 is 14.3 Å². The first-order chi connectivity index (χ1) is 11.0. The van der Waals surface area contributed by atoms with Crippen LogP contribution in [-0.4, -0.2) is 58.0 Å². The Morgan fingerprint density at radius 3 is 2.78 bits per heavy atom. The van der Waals surface area contributed by atoms with Crippen LogP contribution in [0.3, 0.4) is 0 Å². The van der Waals surface area contributed by atoms with Gasteiger partial charge >= 0.3 is 5.97 Å². The summed E-state index contributed by atoms with van der Waals surface area (Å²) in [5.41, 5.74) is 0. The first-order valence-electron chi connectivity index (χ1n) is 6.98. The summed E-state index contributed by atoms with van der Waals surface area (Å²) < 4.78 is 6.89. The number of nitrogens with zero attached hydrogens (tertiary/aromatic N) is 4. The predicted molar refractivity (Wildman–Crippen MR) is 89.4 cm³/mol. The zero-order chi connectivity index (χ0) is 16.8. The molecule has 0 bridgehead atoms. The lowest BCUT2D eigenvalue weighted by molar-refractivity contribution is -0.148. The zero-order valence-corrected chi connectivity index (χ0v) is 14.8. The van der Waals surface area contributed by atoms with E-state index in [1.807, 2.05) is 29.0 Å². The molecule has 124 valence electrons. The molecule has 0 spiro atoms. The van der Waals surface area contributed by atoms with E-state index >= 15 is 0 Å². The Kier molecular flexibility index (Phi) is 6.17. The summed E-state index contributed by atoms with van der Waals surface area (Å²) in [4.78, 5) is 25.5. The normalized spacial score (nSPS) is 10.6. The quantitative estimate of drug-likeness (QED) is 0.557. The van der Waals surface area contributed by atoms with Crippen molar-refractivity contribution in [2.45, 2.75) is 18.6 Å². The van der Waals surface area contributed by atoms with Crippen molar-refractivity contribution in [1.82, 2.24) is 19.7 Å². The molecule has 7 nitrogen and oxygen atoms in total. The molecule has 2 aromatic rings. The van der Waals surface area contributed by atoms with Crippen LogP contribution < -0.4 is 0 Å². The smallest absolute Gasteiger partial charge is 0.316 e. The molecule has 0 aliphatic rings. The Morgan fingerprint density at radius 1 is 1.39 bits per heavy atom. The van der Waals surface area contributed by atoms with Gasteiger partial charge in [-0.1, -0.05) is 17.8 Å². The van der Waals surface area contributed by atoms with Crippen molar-refractivity contribution in [1.29, 1.82) is 0 Å². The number of rotatable bonds is 7. The van der Waals surface area contributed by atoms with Gasteiger partial charge in [0.05, 0.1) is 10.6 Å². The minimum Gasteiger partial charge on any atom is -0.455 e. The van der Waals surface area contributed by atoms with Gasteiger partial charge in [0.2, 0.25) is 0 Å². The van der Waals surface area contributed by atoms with Gasteiger partial charge in [0.15, 0.2) is 17.6 Å². The van der Waals surface area contributed by atoms with E-state index in [1.165, 1.54) is 16.7 Å². The summed E-state index contributed by atoms with van der Waals surface area (Å²) in [5, 5.41) is 11.0. The van der Waals surface area contributed by atoms with E-state index in [2.05, 4.69) is 10.2 Å². The Labute approximate surface area is 142 Å². The largest absolute Gasteiger partial charge is 0.455 e. The maximum atomic E-state index is 11.7. The molecule has 2 aromatic heterocycles. The van der Waals surface area contributed by atoms with Gasteiger partial charge < -0.3 is 14.2 Å². The fraction of sp³-hybridized carbons (Fsp3) is 0.429. The maximum absolute atomic E-state index is 11.7. The van der Waals surface area contributed by atoms with E-state index in [1.54, 1.807) is 25.4 Å². The third-order valence-corrected chi connectivity index (χ3v) is 4.76. The Bertz CT molecular complexity index is 668. The molecule has 9 heteroatoms. The fourth-order valence-electron chi connectivity index (χ4n) is 1.71. The third kappa shape index (κ3) is 4.55. The highest BCUT2D eigenvalue weighted by molar-refractivity contribution is 7.99. The van der Waals surface area contributed by atoms with Crippen LogP contribution in [0.15, 0.2) is 22.7 Å². The second kappa shape index (κ2) is 8.11. The van der Waals surface area contributed by atoms with Crippen molar-refractivity contribution in [3.05, 3.63) is 17.5 Å². The molecule has 0 saturated heterocycles. The number of aromatic nitrogens is 3. The molecule has 0 saturated carbocycles. The second-order valence-corrected chi connectivity index (χ2v) is 6.66. The van der Waals surface area contributed by atoms with Gasteiger partial charge in [0.1, 0.15) is 0 Å². The molecule has 0 N–H and O–H groups in total. The molecule has 0 aliphatic heterocycles. The van der Waals surface area contributed by atoms with Crippen LogP contribution in [0.4, 0.5) is 0 Å². The number of hydrogen-bond acceptors (Lipinski definition) is 7. The molecule has 0 atom stereocenters. The monoisotopic (exact) mass is 354 g/mol. The Hall–Kier alpha value is -1.87. The van der Waals surface area contributed by atoms with Gasteiger partial charge in [-0.05, 0) is 18.4 Å². The van der Waals surface area contributed by atoms with E-state index < -0.39 is 5.97 Å². The lowest BCUT2D eigenvalue weighted by Crippen LogP contribution is -2.28. The molecule has 23 heavy (non-hydrogen) atoms. The molecule has 0 aromatic carbocycles. The van der Waals surface area contributed by atoms with E-state index in [9.17, 15) is 9.59 Å². The first-order valence-corrected chi connectivity index (χ1v) is 8.85. The van der Waals surface area contributed by atoms with E-state index in [0.29, 0.717) is 11.7 Å². The summed E-state index contributed by atoms with van der Waals surface area (Å²) >= 11 is 2.84. The number of thioether (sulfide) groups is 1. The van der Waals surface area contributed by atoms with Crippen LogP contribution >= 0.6 is 23.1 Å². The standard InChI is InChI=1S/C14H18N4O3S2/c1-4-18-13(10-6-5-7-22-10)15-16-14(18)23-9-12(20)21-8-11(19)17(2)3/h5-7H,4,8-9H2,1-3H3. The molecule has 0 unspecified atom stereocenters. The second-order valence-electron chi connectivity index (χ2n) is 4.77. The van der Waals surface area contributed by atoms with E-state index in [-0.39, 0.29) is 18.3 Å². The molecular weight excluding hydrogens is 336 g/mol. The van der Waals surface area contributed by atoms with Crippen molar-refractivity contribution in [3.63, 3.8) is 0 Å². The van der Waals surface area contributed by atoms with Gasteiger partial charge in [-0.2, -0.15) is 0 Å². The Morgan fingerprint density at radius 2 is 2.17 bits per heavy atom. The van der Waals surface area contributed by atoms with Gasteiger partial charge in [0.25, 0.3) is 5.91 Å². The van der Waals surface area contributed by atoms with Crippen molar-refractivity contribution in [2.75, 3.05) is 26.5 Å². The summed E-state index contributed by atoms with van der Waals surface area (Å²) in [6, 6.07) is 3.94. The highest BCUT2D eigenvalue weighted by Gasteiger charge is 2.16. The number of amides is 1. The highest BCUT2D eigenvalue weighted by atomic mass is 32.2. The maximum Gasteiger partial charge on any atom is 0.316 e. The first kappa shape index (κ1) is 17.5. The third-order valence-electron chi connectivity index (χ3n) is 2.95. The number of esters is 1. The number of thiophene rings is 1. The van der Waals surface area contributed by atoms with Crippen LogP contribution in [0, 0.1) is 0 Å². The number of carbonyl (C=O) groups excluding carboxylic acids is 2. The number of likely N-dealkylation sites (N-methyl/N-ethyl adjacent to an activating group) is 1. The van der Waals surface area contributed by atoms with E-state index in [4.69, 9.17) is 4.74 Å². The summed E-state index contributed by atoms with van der Waals surface area (Å²) in [7, 11) is 3.22. The average molecular weight is 354 g/mol. The molecule has 0 radical (unpaired) electrons. The molecule has 0 aliphatic carbocycles. The molecular formula is C14H18N4O3S2. The Balaban J connectivity index is 1.93. The van der Waals surface area contributed by atoms with Crippen LogP contribution in [0.25, 0.3) is 10.7 Å². The zero-order valence-electron chi connectivity index (χ0n) is 13.2. The average Bonchev–Trinajstić information content (AvgIpc) is 3.18.